The molecule has 1 atom stereocenters. The second kappa shape index (κ2) is 18.9. The lowest BCUT2D eigenvalue weighted by Crippen LogP contribution is -2.15. The third-order valence-electron chi connectivity index (χ3n) is 3.77. The minimum Gasteiger partial charge on any atom is -0.394 e. The van der Waals surface area contributed by atoms with Crippen LogP contribution in [0.3, 0.4) is 0 Å². The summed E-state index contributed by atoms with van der Waals surface area (Å²) in [6.45, 7) is 8.23. The second-order valence-corrected chi connectivity index (χ2v) is 5.88. The molecule has 0 aromatic rings. The SMILES string of the molecule is CCCCCCC(CCCC)COCCOCCOCCO. The largest absolute Gasteiger partial charge is 0.394 e. The summed E-state index contributed by atoms with van der Waals surface area (Å²) in [6, 6.07) is 0. The van der Waals surface area contributed by atoms with Crippen LogP contribution in [0.15, 0.2) is 0 Å². The van der Waals surface area contributed by atoms with Gasteiger partial charge in [-0.15, -0.1) is 0 Å². The van der Waals surface area contributed by atoms with Crippen LogP contribution in [-0.2, 0) is 14.2 Å². The van der Waals surface area contributed by atoms with E-state index in [9.17, 15) is 0 Å². The van der Waals surface area contributed by atoms with Gasteiger partial charge in [-0.3, -0.25) is 0 Å². The van der Waals surface area contributed by atoms with Crippen LogP contribution in [0.2, 0.25) is 0 Å². The number of aliphatic hydroxyl groups excluding tert-OH is 1. The highest BCUT2D eigenvalue weighted by molar-refractivity contribution is 4.59. The summed E-state index contributed by atoms with van der Waals surface area (Å²) in [5.74, 6) is 0.713. The van der Waals surface area contributed by atoms with Gasteiger partial charge in [0, 0.05) is 6.61 Å². The molecule has 0 rings (SSSR count). The fourth-order valence-electron chi connectivity index (χ4n) is 2.42. The summed E-state index contributed by atoms with van der Waals surface area (Å²) < 4.78 is 16.3. The maximum Gasteiger partial charge on any atom is 0.0701 e. The molecule has 22 heavy (non-hydrogen) atoms. The molecule has 4 nitrogen and oxygen atoms in total. The fraction of sp³-hybridized carbons (Fsp3) is 1.00. The molecule has 0 aliphatic carbocycles. The monoisotopic (exact) mass is 318 g/mol. The van der Waals surface area contributed by atoms with E-state index in [4.69, 9.17) is 19.3 Å². The van der Waals surface area contributed by atoms with Gasteiger partial charge in [-0.2, -0.15) is 0 Å². The number of unbranched alkanes of at least 4 members (excludes halogenated alkanes) is 4. The van der Waals surface area contributed by atoms with Gasteiger partial charge in [0.05, 0.1) is 39.6 Å². The van der Waals surface area contributed by atoms with Crippen LogP contribution in [0.25, 0.3) is 0 Å². The first kappa shape index (κ1) is 21.8. The zero-order valence-corrected chi connectivity index (χ0v) is 14.9. The van der Waals surface area contributed by atoms with E-state index in [2.05, 4.69) is 13.8 Å². The van der Waals surface area contributed by atoms with Crippen molar-refractivity contribution >= 4 is 0 Å². The zero-order valence-electron chi connectivity index (χ0n) is 14.9. The highest BCUT2D eigenvalue weighted by Gasteiger charge is 2.08. The number of hydrogen-bond acceptors (Lipinski definition) is 4. The van der Waals surface area contributed by atoms with Gasteiger partial charge in [-0.05, 0) is 18.8 Å². The van der Waals surface area contributed by atoms with Gasteiger partial charge in [0.1, 0.15) is 0 Å². The average Bonchev–Trinajstić information content (AvgIpc) is 2.54. The molecule has 0 aliphatic rings. The molecular weight excluding hydrogens is 280 g/mol. The first-order chi connectivity index (χ1) is 10.8. The first-order valence-corrected chi connectivity index (χ1v) is 9.19. The predicted octanol–water partition coefficient (Wildman–Crippen LogP) is 3.81. The Bertz CT molecular complexity index is 200. The highest BCUT2D eigenvalue weighted by atomic mass is 16.5. The lowest BCUT2D eigenvalue weighted by molar-refractivity contribution is 0.000506. The summed E-state index contributed by atoms with van der Waals surface area (Å²) in [6.07, 6.45) is 10.5. The second-order valence-electron chi connectivity index (χ2n) is 5.88. The van der Waals surface area contributed by atoms with Crippen LogP contribution in [0, 0.1) is 5.92 Å². The van der Waals surface area contributed by atoms with Gasteiger partial charge in [0.25, 0.3) is 0 Å². The van der Waals surface area contributed by atoms with E-state index in [-0.39, 0.29) is 6.61 Å². The Hall–Kier alpha value is -0.160. The van der Waals surface area contributed by atoms with E-state index in [1.54, 1.807) is 0 Å². The van der Waals surface area contributed by atoms with Crippen LogP contribution < -0.4 is 0 Å². The number of hydrogen-bond donors (Lipinski definition) is 1. The molecule has 0 aliphatic heterocycles. The van der Waals surface area contributed by atoms with Gasteiger partial charge in [0.15, 0.2) is 0 Å². The van der Waals surface area contributed by atoms with Crippen molar-refractivity contribution in [3.8, 4) is 0 Å². The molecule has 1 N–H and O–H groups in total. The Morgan fingerprint density at radius 3 is 1.91 bits per heavy atom. The molecule has 0 aromatic heterocycles. The Morgan fingerprint density at radius 1 is 0.682 bits per heavy atom. The van der Waals surface area contributed by atoms with E-state index in [1.807, 2.05) is 0 Å². The molecule has 0 radical (unpaired) electrons. The molecule has 134 valence electrons. The van der Waals surface area contributed by atoms with Gasteiger partial charge in [-0.25, -0.2) is 0 Å². The standard InChI is InChI=1S/C18H38O4/c1-3-5-7-8-10-18(9-6-4-2)17-22-16-15-21-14-13-20-12-11-19/h18-19H,3-17H2,1-2H3. The lowest BCUT2D eigenvalue weighted by Gasteiger charge is -2.17. The van der Waals surface area contributed by atoms with Gasteiger partial charge >= 0.3 is 0 Å². The predicted molar refractivity (Wildman–Crippen MR) is 91.3 cm³/mol. The van der Waals surface area contributed by atoms with Crippen LogP contribution in [-0.4, -0.2) is 51.4 Å². The number of ether oxygens (including phenoxy) is 3. The van der Waals surface area contributed by atoms with E-state index in [0.717, 1.165) is 6.61 Å². The Morgan fingerprint density at radius 2 is 1.27 bits per heavy atom. The third kappa shape index (κ3) is 16.2. The van der Waals surface area contributed by atoms with Crippen molar-refractivity contribution in [1.82, 2.24) is 0 Å². The van der Waals surface area contributed by atoms with E-state index >= 15 is 0 Å². The number of aliphatic hydroxyl groups is 1. The summed E-state index contributed by atoms with van der Waals surface area (Å²) in [5, 5.41) is 8.56. The molecular formula is C18H38O4. The minimum absolute atomic E-state index is 0.0700. The normalized spacial score (nSPS) is 12.7. The smallest absolute Gasteiger partial charge is 0.0701 e. The van der Waals surface area contributed by atoms with Crippen LogP contribution in [0.1, 0.15) is 65.2 Å². The van der Waals surface area contributed by atoms with Crippen molar-refractivity contribution in [3.63, 3.8) is 0 Å². The van der Waals surface area contributed by atoms with Crippen LogP contribution in [0.5, 0.6) is 0 Å². The first-order valence-electron chi connectivity index (χ1n) is 9.19. The van der Waals surface area contributed by atoms with Gasteiger partial charge in [0.2, 0.25) is 0 Å². The van der Waals surface area contributed by atoms with E-state index < -0.39 is 0 Å². The Balaban J connectivity index is 3.48. The maximum absolute atomic E-state index is 8.56. The zero-order chi connectivity index (χ0) is 16.3. The van der Waals surface area contributed by atoms with Crippen molar-refractivity contribution in [2.75, 3.05) is 46.2 Å². The Labute approximate surface area is 137 Å². The lowest BCUT2D eigenvalue weighted by atomic mass is 9.96. The quantitative estimate of drug-likeness (QED) is 0.390. The van der Waals surface area contributed by atoms with E-state index in [0.29, 0.717) is 39.0 Å². The molecule has 0 fully saturated rings. The van der Waals surface area contributed by atoms with Crippen LogP contribution >= 0.6 is 0 Å². The summed E-state index contributed by atoms with van der Waals surface area (Å²) in [7, 11) is 0. The molecule has 0 spiro atoms. The molecule has 0 aromatic carbocycles. The topological polar surface area (TPSA) is 47.9 Å². The molecule has 0 saturated heterocycles. The third-order valence-corrected chi connectivity index (χ3v) is 3.77. The molecule has 0 amide bonds. The Kier molecular flexibility index (Phi) is 18.8. The van der Waals surface area contributed by atoms with Crippen molar-refractivity contribution in [1.29, 1.82) is 0 Å². The van der Waals surface area contributed by atoms with Gasteiger partial charge < -0.3 is 19.3 Å². The summed E-state index contributed by atoms with van der Waals surface area (Å²) >= 11 is 0. The molecule has 1 unspecified atom stereocenters. The molecule has 0 bridgehead atoms. The maximum atomic E-state index is 8.56. The van der Waals surface area contributed by atoms with Crippen molar-refractivity contribution < 1.29 is 19.3 Å². The number of rotatable bonds is 18. The summed E-state index contributed by atoms with van der Waals surface area (Å²) in [5.41, 5.74) is 0. The van der Waals surface area contributed by atoms with Crippen LogP contribution in [0.4, 0.5) is 0 Å². The highest BCUT2D eigenvalue weighted by Crippen LogP contribution is 2.17. The average molecular weight is 318 g/mol. The molecule has 0 saturated carbocycles. The fourth-order valence-corrected chi connectivity index (χ4v) is 2.42. The van der Waals surface area contributed by atoms with Gasteiger partial charge in [-0.1, -0.05) is 52.4 Å². The van der Waals surface area contributed by atoms with Crippen molar-refractivity contribution in [2.24, 2.45) is 5.92 Å². The molecule has 4 heteroatoms. The minimum atomic E-state index is 0.0700. The van der Waals surface area contributed by atoms with Crippen molar-refractivity contribution in [2.45, 2.75) is 65.2 Å². The van der Waals surface area contributed by atoms with E-state index in [1.165, 1.54) is 51.4 Å². The molecule has 0 heterocycles. The summed E-state index contributed by atoms with van der Waals surface area (Å²) in [4.78, 5) is 0. The van der Waals surface area contributed by atoms with Crippen molar-refractivity contribution in [3.05, 3.63) is 0 Å².